The smallest absolute Gasteiger partial charge is 0.232 e. The van der Waals surface area contributed by atoms with E-state index in [-0.39, 0.29) is 11.6 Å². The molecule has 7 heteroatoms. The van der Waals surface area contributed by atoms with Crippen molar-refractivity contribution in [3.8, 4) is 17.1 Å². The molecule has 0 amide bonds. The van der Waals surface area contributed by atoms with Gasteiger partial charge in [-0.1, -0.05) is 24.3 Å². The fraction of sp³-hybridized carbons (Fsp3) is 0.105. The molecule has 0 spiro atoms. The monoisotopic (exact) mass is 367 g/mol. The molecule has 0 radical (unpaired) electrons. The highest BCUT2D eigenvalue weighted by molar-refractivity contribution is 7.92. The van der Waals surface area contributed by atoms with Crippen LogP contribution in [0.1, 0.15) is 6.92 Å². The van der Waals surface area contributed by atoms with Crippen molar-refractivity contribution in [3.63, 3.8) is 0 Å². The standard InChI is InChI=1S/C19H17N3O3S/c1-2-26(24,25)22-13-8-10-16-14(11-13)18(19(23)21-16)17-9-7-12-5-3-4-6-15(12)20-17/h3-11,21-23H,2H2,1H3. The van der Waals surface area contributed by atoms with Crippen LogP contribution < -0.4 is 4.72 Å². The van der Waals surface area contributed by atoms with E-state index in [0.29, 0.717) is 27.8 Å². The van der Waals surface area contributed by atoms with Crippen molar-refractivity contribution < 1.29 is 13.5 Å². The van der Waals surface area contributed by atoms with Crippen molar-refractivity contribution in [1.29, 1.82) is 0 Å². The third-order valence-electron chi connectivity index (χ3n) is 4.29. The van der Waals surface area contributed by atoms with Crippen molar-refractivity contribution in [1.82, 2.24) is 9.97 Å². The van der Waals surface area contributed by atoms with Gasteiger partial charge < -0.3 is 10.1 Å². The van der Waals surface area contributed by atoms with E-state index in [1.54, 1.807) is 25.1 Å². The van der Waals surface area contributed by atoms with Gasteiger partial charge in [0.25, 0.3) is 0 Å². The molecule has 4 rings (SSSR count). The SMILES string of the molecule is CCS(=O)(=O)Nc1ccc2[nH]c(O)c(-c3ccc4ccccc4n3)c2c1. The number of para-hydroxylation sites is 1. The molecule has 3 N–H and O–H groups in total. The van der Waals surface area contributed by atoms with Crippen LogP contribution in [0.2, 0.25) is 0 Å². The predicted molar refractivity (Wildman–Crippen MR) is 104 cm³/mol. The number of anilines is 1. The second-order valence-corrected chi connectivity index (χ2v) is 8.01. The third-order valence-corrected chi connectivity index (χ3v) is 5.59. The highest BCUT2D eigenvalue weighted by Crippen LogP contribution is 2.37. The molecule has 6 nitrogen and oxygen atoms in total. The van der Waals surface area contributed by atoms with E-state index < -0.39 is 10.0 Å². The molecule has 0 unspecified atom stereocenters. The van der Waals surface area contributed by atoms with E-state index in [1.165, 1.54) is 0 Å². The Morgan fingerprint density at radius 3 is 2.73 bits per heavy atom. The molecule has 2 aromatic heterocycles. The lowest BCUT2D eigenvalue weighted by molar-refractivity contribution is 0.460. The molecule has 0 saturated heterocycles. The lowest BCUT2D eigenvalue weighted by Gasteiger charge is -2.07. The van der Waals surface area contributed by atoms with Gasteiger partial charge in [-0.15, -0.1) is 0 Å². The number of sulfonamides is 1. The number of benzene rings is 2. The molecule has 132 valence electrons. The van der Waals surface area contributed by atoms with E-state index in [2.05, 4.69) is 14.7 Å². The van der Waals surface area contributed by atoms with Gasteiger partial charge in [-0.25, -0.2) is 13.4 Å². The Hall–Kier alpha value is -3.06. The van der Waals surface area contributed by atoms with Gasteiger partial charge in [-0.05, 0) is 37.3 Å². The summed E-state index contributed by atoms with van der Waals surface area (Å²) in [5.74, 6) is -0.0130. The summed E-state index contributed by atoms with van der Waals surface area (Å²) in [4.78, 5) is 7.55. The number of rotatable bonds is 4. The number of aromatic hydroxyl groups is 1. The van der Waals surface area contributed by atoms with Crippen molar-refractivity contribution in [2.75, 3.05) is 10.5 Å². The summed E-state index contributed by atoms with van der Waals surface area (Å²) in [5.41, 5.74) is 3.13. The van der Waals surface area contributed by atoms with E-state index in [0.717, 1.165) is 10.9 Å². The van der Waals surface area contributed by atoms with Crippen molar-refractivity contribution >= 4 is 37.5 Å². The summed E-state index contributed by atoms with van der Waals surface area (Å²) in [6.07, 6.45) is 0. The second-order valence-electron chi connectivity index (χ2n) is 6.00. The van der Waals surface area contributed by atoms with Gasteiger partial charge in [0.1, 0.15) is 0 Å². The van der Waals surface area contributed by atoms with Crippen LogP contribution in [-0.2, 0) is 10.0 Å². The molecule has 0 bridgehead atoms. The van der Waals surface area contributed by atoms with E-state index in [1.807, 2.05) is 36.4 Å². The van der Waals surface area contributed by atoms with Gasteiger partial charge in [0.05, 0.1) is 22.5 Å². The average Bonchev–Trinajstić information content (AvgIpc) is 2.96. The highest BCUT2D eigenvalue weighted by atomic mass is 32.2. The first-order valence-electron chi connectivity index (χ1n) is 8.18. The molecule has 0 aliphatic heterocycles. The zero-order valence-electron chi connectivity index (χ0n) is 14.0. The van der Waals surface area contributed by atoms with Crippen LogP contribution in [0.5, 0.6) is 5.88 Å². The normalized spacial score (nSPS) is 11.9. The molecule has 2 heterocycles. The van der Waals surface area contributed by atoms with E-state index in [9.17, 15) is 13.5 Å². The number of fused-ring (bicyclic) bond motifs is 2. The Morgan fingerprint density at radius 2 is 1.92 bits per heavy atom. The number of hydrogen-bond donors (Lipinski definition) is 3. The van der Waals surface area contributed by atoms with E-state index >= 15 is 0 Å². The maximum atomic E-state index is 11.8. The number of pyridine rings is 1. The minimum atomic E-state index is -3.38. The van der Waals surface area contributed by atoms with Gasteiger partial charge in [0.2, 0.25) is 10.0 Å². The van der Waals surface area contributed by atoms with Gasteiger partial charge in [-0.3, -0.25) is 4.72 Å². The number of H-pyrrole nitrogens is 1. The number of aromatic nitrogens is 2. The maximum Gasteiger partial charge on any atom is 0.232 e. The Balaban J connectivity index is 1.89. The van der Waals surface area contributed by atoms with Crippen LogP contribution in [0.25, 0.3) is 33.1 Å². The number of hydrogen-bond acceptors (Lipinski definition) is 4. The summed E-state index contributed by atoms with van der Waals surface area (Å²) in [7, 11) is -3.38. The quantitative estimate of drug-likeness (QED) is 0.510. The summed E-state index contributed by atoms with van der Waals surface area (Å²) >= 11 is 0. The molecule has 4 aromatic rings. The first-order valence-corrected chi connectivity index (χ1v) is 9.83. The summed E-state index contributed by atoms with van der Waals surface area (Å²) in [6, 6.07) is 16.6. The molecule has 0 aliphatic rings. The fourth-order valence-electron chi connectivity index (χ4n) is 2.96. The van der Waals surface area contributed by atoms with Crippen LogP contribution in [0.4, 0.5) is 5.69 Å². The van der Waals surface area contributed by atoms with Gasteiger partial charge in [-0.2, -0.15) is 0 Å². The van der Waals surface area contributed by atoms with Gasteiger partial charge in [0.15, 0.2) is 5.88 Å². The molecule has 0 atom stereocenters. The van der Waals surface area contributed by atoms with Crippen LogP contribution in [0.3, 0.4) is 0 Å². The topological polar surface area (TPSA) is 95.1 Å². The first-order chi connectivity index (χ1) is 12.5. The zero-order chi connectivity index (χ0) is 18.3. The fourth-order valence-corrected chi connectivity index (χ4v) is 3.59. The third kappa shape index (κ3) is 2.86. The highest BCUT2D eigenvalue weighted by Gasteiger charge is 2.16. The summed E-state index contributed by atoms with van der Waals surface area (Å²) in [5, 5.41) is 12.1. The minimum Gasteiger partial charge on any atom is -0.494 e. The minimum absolute atomic E-state index is 0.00159. The Kier molecular flexibility index (Phi) is 3.81. The molecule has 0 fully saturated rings. The molecule has 0 saturated carbocycles. The molecule has 0 aliphatic carbocycles. The lowest BCUT2D eigenvalue weighted by Crippen LogP contribution is -2.14. The Bertz CT molecular complexity index is 1230. The Labute approximate surface area is 150 Å². The van der Waals surface area contributed by atoms with E-state index in [4.69, 9.17) is 0 Å². The molecule has 2 aromatic carbocycles. The van der Waals surface area contributed by atoms with Crippen molar-refractivity contribution in [3.05, 3.63) is 54.6 Å². The molecular weight excluding hydrogens is 350 g/mol. The van der Waals surface area contributed by atoms with Gasteiger partial charge >= 0.3 is 0 Å². The van der Waals surface area contributed by atoms with Crippen molar-refractivity contribution in [2.24, 2.45) is 0 Å². The first kappa shape index (κ1) is 16.4. The number of nitrogens with zero attached hydrogens (tertiary/aromatic N) is 1. The van der Waals surface area contributed by atoms with Crippen LogP contribution >= 0.6 is 0 Å². The van der Waals surface area contributed by atoms with Gasteiger partial charge in [0, 0.05) is 22.0 Å². The lowest BCUT2D eigenvalue weighted by atomic mass is 10.1. The van der Waals surface area contributed by atoms with Crippen molar-refractivity contribution in [2.45, 2.75) is 6.92 Å². The Morgan fingerprint density at radius 1 is 1.12 bits per heavy atom. The van der Waals surface area contributed by atoms with Crippen LogP contribution in [0.15, 0.2) is 54.6 Å². The molecular formula is C19H17N3O3S. The largest absolute Gasteiger partial charge is 0.494 e. The molecule has 26 heavy (non-hydrogen) atoms. The summed E-state index contributed by atoms with van der Waals surface area (Å²) in [6.45, 7) is 1.58. The summed E-state index contributed by atoms with van der Waals surface area (Å²) < 4.78 is 26.2. The number of aromatic amines is 1. The predicted octanol–water partition coefficient (Wildman–Crippen LogP) is 3.85. The number of nitrogens with one attached hydrogen (secondary N) is 2. The van der Waals surface area contributed by atoms with Crippen LogP contribution in [-0.4, -0.2) is 29.2 Å². The second kappa shape index (κ2) is 6.03. The average molecular weight is 367 g/mol. The maximum absolute atomic E-state index is 11.8. The van der Waals surface area contributed by atoms with Crippen LogP contribution in [0, 0.1) is 0 Å². The zero-order valence-corrected chi connectivity index (χ0v) is 14.8.